The molecule has 1 saturated carbocycles. The monoisotopic (exact) mass is 448 g/mol. The van der Waals surface area contributed by atoms with Crippen molar-refractivity contribution in [3.8, 4) is 0 Å². The number of nitrogens with zero attached hydrogens (tertiary/aromatic N) is 1. The fourth-order valence-electron chi connectivity index (χ4n) is 5.56. The van der Waals surface area contributed by atoms with Crippen LogP contribution in [0.25, 0.3) is 0 Å². The molecule has 0 spiro atoms. The largest absolute Gasteiger partial charge is 0.417 e. The molecule has 0 aromatic rings. The molecule has 1 amide bonds. The lowest BCUT2D eigenvalue weighted by atomic mass is 9.64. The molecule has 1 aliphatic carbocycles. The number of hydrazine groups is 1. The highest BCUT2D eigenvalue weighted by molar-refractivity contribution is 5.82. The molecule has 0 aromatic heterocycles. The summed E-state index contributed by atoms with van der Waals surface area (Å²) in [6.07, 6.45) is -0.918. The highest BCUT2D eigenvalue weighted by atomic mass is 19.4. The Morgan fingerprint density at radius 2 is 2.00 bits per heavy atom. The molecule has 4 fully saturated rings. The van der Waals surface area contributed by atoms with Gasteiger partial charge in [-0.3, -0.25) is 20.3 Å². The molecule has 6 unspecified atom stereocenters. The minimum absolute atomic E-state index is 0.00699. The second-order valence-corrected chi connectivity index (χ2v) is 9.88. The van der Waals surface area contributed by atoms with E-state index in [0.717, 1.165) is 52.0 Å². The van der Waals surface area contributed by atoms with Gasteiger partial charge in [0.1, 0.15) is 0 Å². The lowest BCUT2D eigenvalue weighted by Crippen LogP contribution is -2.66. The second kappa shape index (κ2) is 9.11. The SMILES string of the molecule is CC1CC(C(=O)NC2CCCC(C3(CC4NNCN4C)COC3)C2)NC(C(F)(F)F)N1. The third-order valence-corrected chi connectivity index (χ3v) is 7.45. The average molecular weight is 449 g/mol. The predicted octanol–water partition coefficient (Wildman–Crippen LogP) is 0.620. The van der Waals surface area contributed by atoms with E-state index in [9.17, 15) is 18.0 Å². The molecule has 0 bridgehead atoms. The van der Waals surface area contributed by atoms with Gasteiger partial charge in [-0.05, 0) is 52.0 Å². The minimum Gasteiger partial charge on any atom is -0.380 e. The van der Waals surface area contributed by atoms with Gasteiger partial charge in [0.05, 0.1) is 32.1 Å². The summed E-state index contributed by atoms with van der Waals surface area (Å²) in [5.41, 5.74) is 6.58. The number of nitrogens with one attached hydrogen (secondary N) is 5. The number of halogens is 3. The van der Waals surface area contributed by atoms with E-state index in [1.807, 2.05) is 0 Å². The van der Waals surface area contributed by atoms with E-state index < -0.39 is 18.4 Å². The van der Waals surface area contributed by atoms with Crippen molar-refractivity contribution in [3.05, 3.63) is 0 Å². The minimum atomic E-state index is -4.43. The van der Waals surface area contributed by atoms with Gasteiger partial charge in [0.25, 0.3) is 0 Å². The molecule has 5 N–H and O–H groups in total. The Balaban J connectivity index is 1.34. The van der Waals surface area contributed by atoms with Crippen molar-refractivity contribution >= 4 is 5.91 Å². The normalized spacial score (nSPS) is 39.1. The lowest BCUT2D eigenvalue weighted by Gasteiger charge is -2.51. The smallest absolute Gasteiger partial charge is 0.380 e. The quantitative estimate of drug-likeness (QED) is 0.421. The van der Waals surface area contributed by atoms with Crippen LogP contribution in [-0.4, -0.2) is 74.4 Å². The van der Waals surface area contributed by atoms with Crippen LogP contribution in [0, 0.1) is 11.3 Å². The van der Waals surface area contributed by atoms with E-state index in [0.29, 0.717) is 12.3 Å². The van der Waals surface area contributed by atoms with Crippen LogP contribution in [0.1, 0.15) is 45.4 Å². The van der Waals surface area contributed by atoms with Crippen LogP contribution in [0.15, 0.2) is 0 Å². The Bertz CT molecular complexity index is 647. The molecule has 11 heteroatoms. The van der Waals surface area contributed by atoms with Crippen molar-refractivity contribution in [2.24, 2.45) is 11.3 Å². The van der Waals surface area contributed by atoms with Gasteiger partial charge in [-0.15, -0.1) is 0 Å². The van der Waals surface area contributed by atoms with E-state index in [1.165, 1.54) is 0 Å². The molecular weight excluding hydrogens is 413 g/mol. The van der Waals surface area contributed by atoms with Gasteiger partial charge in [-0.25, -0.2) is 10.9 Å². The number of hydrogen-bond acceptors (Lipinski definition) is 7. The predicted molar refractivity (Wildman–Crippen MR) is 108 cm³/mol. The zero-order valence-electron chi connectivity index (χ0n) is 18.2. The summed E-state index contributed by atoms with van der Waals surface area (Å²) in [7, 11) is 2.08. The van der Waals surface area contributed by atoms with Crippen LogP contribution in [-0.2, 0) is 9.53 Å². The summed E-state index contributed by atoms with van der Waals surface area (Å²) >= 11 is 0. The molecular formula is C20H35F3N6O2. The van der Waals surface area contributed by atoms with Gasteiger partial charge >= 0.3 is 6.18 Å². The topological polar surface area (TPSA) is 89.7 Å². The summed E-state index contributed by atoms with van der Waals surface area (Å²) in [6, 6.07) is -1.23. The van der Waals surface area contributed by atoms with Gasteiger partial charge in [-0.1, -0.05) is 6.42 Å². The first kappa shape index (κ1) is 23.2. The highest BCUT2D eigenvalue weighted by Crippen LogP contribution is 2.47. The molecule has 3 aliphatic heterocycles. The number of rotatable bonds is 5. The van der Waals surface area contributed by atoms with Crippen LogP contribution < -0.4 is 26.8 Å². The molecule has 0 radical (unpaired) electrons. The standard InChI is InChI=1S/C20H35F3N6O2/c1-12-6-15(27-18(25-12)20(21,22)23)17(30)26-14-5-3-4-13(7-14)19(9-31-10-19)8-16-28-24-11-29(16)2/h12-16,18,24-25,27-28H,3-11H2,1-2H3,(H,26,30). The van der Waals surface area contributed by atoms with Crippen molar-refractivity contribution in [2.45, 2.75) is 82.1 Å². The first-order chi connectivity index (χ1) is 14.7. The molecule has 3 saturated heterocycles. The third kappa shape index (κ3) is 5.17. The first-order valence-corrected chi connectivity index (χ1v) is 11.3. The second-order valence-electron chi connectivity index (χ2n) is 9.88. The number of amides is 1. The van der Waals surface area contributed by atoms with Gasteiger partial charge in [-0.2, -0.15) is 13.2 Å². The first-order valence-electron chi connectivity index (χ1n) is 11.3. The van der Waals surface area contributed by atoms with Crippen LogP contribution in [0.4, 0.5) is 13.2 Å². The van der Waals surface area contributed by atoms with Crippen LogP contribution in [0.5, 0.6) is 0 Å². The van der Waals surface area contributed by atoms with Gasteiger partial charge in [0.15, 0.2) is 6.17 Å². The van der Waals surface area contributed by atoms with Crippen LogP contribution in [0.3, 0.4) is 0 Å². The zero-order valence-corrected chi connectivity index (χ0v) is 18.2. The molecule has 0 aromatic carbocycles. The summed E-state index contributed by atoms with van der Waals surface area (Å²) in [5, 5.41) is 7.98. The van der Waals surface area contributed by atoms with Crippen molar-refractivity contribution < 1.29 is 22.7 Å². The Hall–Kier alpha value is -0.980. The number of carbonyl (C=O) groups excluding carboxylic acids is 1. The maximum atomic E-state index is 13.2. The molecule has 4 aliphatic rings. The highest BCUT2D eigenvalue weighted by Gasteiger charge is 2.50. The Labute approximate surface area is 181 Å². The Morgan fingerprint density at radius 3 is 2.61 bits per heavy atom. The number of ether oxygens (including phenoxy) is 1. The Kier molecular flexibility index (Phi) is 6.81. The number of carbonyl (C=O) groups is 1. The molecule has 31 heavy (non-hydrogen) atoms. The van der Waals surface area contributed by atoms with E-state index in [4.69, 9.17) is 4.74 Å². The molecule has 8 nitrogen and oxygen atoms in total. The van der Waals surface area contributed by atoms with Crippen molar-refractivity contribution in [1.29, 1.82) is 0 Å². The van der Waals surface area contributed by atoms with Crippen LogP contribution in [0.2, 0.25) is 0 Å². The number of alkyl halides is 3. The van der Waals surface area contributed by atoms with Gasteiger partial charge < -0.3 is 10.1 Å². The van der Waals surface area contributed by atoms with Gasteiger partial charge in [0.2, 0.25) is 5.91 Å². The summed E-state index contributed by atoms with van der Waals surface area (Å²) in [4.78, 5) is 15.1. The maximum Gasteiger partial charge on any atom is 0.417 e. The van der Waals surface area contributed by atoms with Gasteiger partial charge in [0, 0.05) is 17.5 Å². The van der Waals surface area contributed by atoms with Crippen molar-refractivity contribution in [1.82, 2.24) is 31.7 Å². The lowest BCUT2D eigenvalue weighted by molar-refractivity contribution is -0.173. The van der Waals surface area contributed by atoms with Crippen LogP contribution >= 0.6 is 0 Å². The van der Waals surface area contributed by atoms with E-state index in [1.54, 1.807) is 6.92 Å². The maximum absolute atomic E-state index is 13.2. The molecule has 4 rings (SSSR count). The third-order valence-electron chi connectivity index (χ3n) is 7.45. The average Bonchev–Trinajstić information content (AvgIpc) is 3.08. The summed E-state index contributed by atoms with van der Waals surface area (Å²) < 4.78 is 45.1. The van der Waals surface area contributed by atoms with Crippen molar-refractivity contribution in [3.63, 3.8) is 0 Å². The fraction of sp³-hybridized carbons (Fsp3) is 0.950. The number of hydrogen-bond donors (Lipinski definition) is 5. The molecule has 178 valence electrons. The molecule has 6 atom stereocenters. The van der Waals surface area contributed by atoms with Crippen molar-refractivity contribution in [2.75, 3.05) is 26.9 Å². The molecule has 3 heterocycles. The fourth-order valence-corrected chi connectivity index (χ4v) is 5.56. The summed E-state index contributed by atoms with van der Waals surface area (Å²) in [6.45, 7) is 3.93. The summed E-state index contributed by atoms with van der Waals surface area (Å²) in [5.74, 6) is 0.104. The van der Waals surface area contributed by atoms with E-state index in [-0.39, 0.29) is 29.6 Å². The Morgan fingerprint density at radius 1 is 1.23 bits per heavy atom. The zero-order chi connectivity index (χ0) is 22.2. The van der Waals surface area contributed by atoms with E-state index in [2.05, 4.69) is 38.7 Å². The van der Waals surface area contributed by atoms with E-state index >= 15 is 0 Å².